The van der Waals surface area contributed by atoms with Crippen molar-refractivity contribution in [2.75, 3.05) is 20.3 Å². The Morgan fingerprint density at radius 2 is 2.05 bits per heavy atom. The highest BCUT2D eigenvalue weighted by Gasteiger charge is 2.25. The van der Waals surface area contributed by atoms with Crippen LogP contribution in [0.15, 0.2) is 24.3 Å². The van der Waals surface area contributed by atoms with Crippen molar-refractivity contribution in [2.45, 2.75) is 25.2 Å². The highest BCUT2D eigenvalue weighted by Crippen LogP contribution is 2.22. The van der Waals surface area contributed by atoms with Crippen LogP contribution < -0.4 is 4.74 Å². The fourth-order valence-electron chi connectivity index (χ4n) is 1.89. The van der Waals surface area contributed by atoms with Crippen molar-refractivity contribution in [3.63, 3.8) is 0 Å². The number of ether oxygens (including phenoxy) is 1. The van der Waals surface area contributed by atoms with Gasteiger partial charge in [0.05, 0.1) is 18.5 Å². The number of aliphatic hydroxyl groups excluding tert-OH is 1. The summed E-state index contributed by atoms with van der Waals surface area (Å²) in [7, 11) is 1.61. The zero-order valence-electron chi connectivity index (χ0n) is 12.2. The van der Waals surface area contributed by atoms with Crippen LogP contribution in [-0.2, 0) is 11.3 Å². The molecule has 0 aliphatic heterocycles. The second kappa shape index (κ2) is 8.27. The number of carbonyl (C=O) groups is 1. The van der Waals surface area contributed by atoms with Gasteiger partial charge in [-0.3, -0.25) is 4.79 Å². The third kappa shape index (κ3) is 4.49. The van der Waals surface area contributed by atoms with Gasteiger partial charge in [0, 0.05) is 18.7 Å². The molecule has 1 amide bonds. The molecule has 0 aliphatic carbocycles. The largest absolute Gasteiger partial charge is 0.496 e. The summed E-state index contributed by atoms with van der Waals surface area (Å²) < 4.78 is 5.30. The molecule has 112 valence electrons. The summed E-state index contributed by atoms with van der Waals surface area (Å²) in [4.78, 5) is 13.8. The lowest BCUT2D eigenvalue weighted by molar-refractivity contribution is -0.132. The first kappa shape index (κ1) is 17.0. The van der Waals surface area contributed by atoms with Gasteiger partial charge in [-0.1, -0.05) is 48.0 Å². The molecule has 0 aromatic heterocycles. The third-order valence-electron chi connectivity index (χ3n) is 3.06. The van der Waals surface area contributed by atoms with Crippen LogP contribution in [0.4, 0.5) is 0 Å². The quantitative estimate of drug-likeness (QED) is 0.773. The van der Waals surface area contributed by atoms with Crippen LogP contribution in [0.5, 0.6) is 5.75 Å². The molecule has 1 N–H and O–H groups in total. The van der Waals surface area contributed by atoms with Gasteiger partial charge in [0.2, 0.25) is 5.91 Å². The number of benzene rings is 1. The van der Waals surface area contributed by atoms with Crippen molar-refractivity contribution in [1.29, 1.82) is 0 Å². The highest BCUT2D eigenvalue weighted by atomic mass is 79.9. The lowest BCUT2D eigenvalue weighted by Crippen LogP contribution is -2.40. The van der Waals surface area contributed by atoms with Gasteiger partial charge in [0.15, 0.2) is 0 Å². The van der Waals surface area contributed by atoms with Crippen LogP contribution in [0, 0.1) is 5.92 Å². The maximum absolute atomic E-state index is 12.4. The van der Waals surface area contributed by atoms with E-state index in [1.165, 1.54) is 0 Å². The maximum atomic E-state index is 12.4. The Morgan fingerprint density at radius 1 is 1.40 bits per heavy atom. The minimum absolute atomic E-state index is 0.0139. The molecule has 1 unspecified atom stereocenters. The maximum Gasteiger partial charge on any atom is 0.236 e. The number of hydrogen-bond acceptors (Lipinski definition) is 3. The molecule has 0 spiro atoms. The molecule has 0 saturated carbocycles. The van der Waals surface area contributed by atoms with E-state index in [2.05, 4.69) is 15.9 Å². The number of aliphatic hydroxyl groups is 1. The molecule has 20 heavy (non-hydrogen) atoms. The standard InChI is InChI=1S/C15H22BrNO3/c1-11(2)14(16)15(19)17(8-9-18)10-12-6-4-5-7-13(12)20-3/h4-7,11,14,18H,8-10H2,1-3H3. The summed E-state index contributed by atoms with van der Waals surface area (Å²) in [5, 5.41) is 9.17. The van der Waals surface area contributed by atoms with Gasteiger partial charge in [-0.25, -0.2) is 0 Å². The minimum Gasteiger partial charge on any atom is -0.496 e. The van der Waals surface area contributed by atoms with E-state index < -0.39 is 0 Å². The minimum atomic E-state index is -0.247. The molecule has 1 aromatic rings. The molecule has 0 bridgehead atoms. The van der Waals surface area contributed by atoms with Crippen LogP contribution in [0.25, 0.3) is 0 Å². The highest BCUT2D eigenvalue weighted by molar-refractivity contribution is 9.10. The Labute approximate surface area is 128 Å². The number of para-hydroxylation sites is 1. The number of rotatable bonds is 7. The van der Waals surface area contributed by atoms with Crippen LogP contribution in [-0.4, -0.2) is 41.0 Å². The Hall–Kier alpha value is -1.07. The fraction of sp³-hybridized carbons (Fsp3) is 0.533. The van der Waals surface area contributed by atoms with Crippen LogP contribution in [0.2, 0.25) is 0 Å². The predicted octanol–water partition coefficient (Wildman–Crippen LogP) is 2.44. The van der Waals surface area contributed by atoms with E-state index >= 15 is 0 Å². The number of hydrogen-bond donors (Lipinski definition) is 1. The Kier molecular flexibility index (Phi) is 7.02. The molecule has 0 fully saturated rings. The van der Waals surface area contributed by atoms with Crippen molar-refractivity contribution in [3.05, 3.63) is 29.8 Å². The van der Waals surface area contributed by atoms with Gasteiger partial charge in [0.1, 0.15) is 5.75 Å². The van der Waals surface area contributed by atoms with Gasteiger partial charge >= 0.3 is 0 Å². The first-order valence-corrected chi connectivity index (χ1v) is 7.58. The summed E-state index contributed by atoms with van der Waals surface area (Å²) in [6.45, 7) is 4.65. The molecule has 0 saturated heterocycles. The molecule has 1 atom stereocenters. The molecule has 0 heterocycles. The van der Waals surface area contributed by atoms with Gasteiger partial charge in [-0.2, -0.15) is 0 Å². The average molecular weight is 344 g/mol. The summed E-state index contributed by atoms with van der Waals surface area (Å²) in [5.74, 6) is 0.931. The SMILES string of the molecule is COc1ccccc1CN(CCO)C(=O)C(Br)C(C)C. The topological polar surface area (TPSA) is 49.8 Å². The lowest BCUT2D eigenvalue weighted by atomic mass is 10.1. The van der Waals surface area contributed by atoms with Gasteiger partial charge in [-0.05, 0) is 12.0 Å². The zero-order chi connectivity index (χ0) is 15.1. The summed E-state index contributed by atoms with van der Waals surface area (Å²) in [5.41, 5.74) is 0.931. The summed E-state index contributed by atoms with van der Waals surface area (Å²) in [6.07, 6.45) is 0. The fourth-order valence-corrected chi connectivity index (χ4v) is 2.18. The normalized spacial score (nSPS) is 12.3. The van der Waals surface area contributed by atoms with Crippen LogP contribution in [0.1, 0.15) is 19.4 Å². The first-order valence-electron chi connectivity index (χ1n) is 6.66. The van der Waals surface area contributed by atoms with Gasteiger partial charge in [0.25, 0.3) is 0 Å². The van der Waals surface area contributed by atoms with Crippen molar-refractivity contribution in [1.82, 2.24) is 4.90 Å². The molecule has 0 radical (unpaired) electrons. The van der Waals surface area contributed by atoms with E-state index in [0.29, 0.717) is 13.1 Å². The van der Waals surface area contributed by atoms with Crippen molar-refractivity contribution in [3.8, 4) is 5.75 Å². The van der Waals surface area contributed by atoms with Crippen molar-refractivity contribution < 1.29 is 14.6 Å². The summed E-state index contributed by atoms with van der Waals surface area (Å²) >= 11 is 3.42. The number of nitrogens with zero attached hydrogens (tertiary/aromatic N) is 1. The van der Waals surface area contributed by atoms with Crippen LogP contribution >= 0.6 is 15.9 Å². The smallest absolute Gasteiger partial charge is 0.236 e. The number of alkyl halides is 1. The van der Waals surface area contributed by atoms with E-state index in [1.54, 1.807) is 12.0 Å². The number of amides is 1. The Balaban J connectivity index is 2.89. The molecular weight excluding hydrogens is 322 g/mol. The van der Waals surface area contributed by atoms with E-state index in [9.17, 15) is 9.90 Å². The molecule has 5 heteroatoms. The second-order valence-electron chi connectivity index (χ2n) is 4.94. The first-order chi connectivity index (χ1) is 9.51. The van der Waals surface area contributed by atoms with E-state index in [4.69, 9.17) is 4.74 Å². The average Bonchev–Trinajstić information content (AvgIpc) is 2.45. The lowest BCUT2D eigenvalue weighted by Gasteiger charge is -2.26. The van der Waals surface area contributed by atoms with E-state index in [0.717, 1.165) is 11.3 Å². The summed E-state index contributed by atoms with van der Waals surface area (Å²) in [6, 6.07) is 7.59. The van der Waals surface area contributed by atoms with Crippen molar-refractivity contribution >= 4 is 21.8 Å². The number of carbonyl (C=O) groups excluding carboxylic acids is 1. The molecule has 0 aliphatic rings. The number of methoxy groups -OCH3 is 1. The van der Waals surface area contributed by atoms with Crippen LogP contribution in [0.3, 0.4) is 0 Å². The monoisotopic (exact) mass is 343 g/mol. The zero-order valence-corrected chi connectivity index (χ0v) is 13.8. The Morgan fingerprint density at radius 3 is 2.60 bits per heavy atom. The molecule has 1 aromatic carbocycles. The van der Waals surface area contributed by atoms with E-state index in [-0.39, 0.29) is 23.3 Å². The van der Waals surface area contributed by atoms with Gasteiger partial charge in [-0.15, -0.1) is 0 Å². The van der Waals surface area contributed by atoms with E-state index in [1.807, 2.05) is 38.1 Å². The molecular formula is C15H22BrNO3. The Bertz CT molecular complexity index is 437. The number of halogens is 1. The third-order valence-corrected chi connectivity index (χ3v) is 4.51. The van der Waals surface area contributed by atoms with Crippen molar-refractivity contribution in [2.24, 2.45) is 5.92 Å². The molecule has 4 nitrogen and oxygen atoms in total. The molecule has 1 rings (SSSR count). The predicted molar refractivity (Wildman–Crippen MR) is 83.0 cm³/mol. The van der Waals surface area contributed by atoms with Gasteiger partial charge < -0.3 is 14.7 Å². The second-order valence-corrected chi connectivity index (χ2v) is 5.93.